The summed E-state index contributed by atoms with van der Waals surface area (Å²) in [5, 5.41) is 7.10. The summed E-state index contributed by atoms with van der Waals surface area (Å²) in [6.45, 7) is 2.91. The number of hydrogen-bond acceptors (Lipinski definition) is 5. The number of nitrogens with one attached hydrogen (secondary N) is 1. The first kappa shape index (κ1) is 19.2. The Morgan fingerprint density at radius 1 is 1.11 bits per heavy atom. The predicted octanol–water partition coefficient (Wildman–Crippen LogP) is 2.91. The van der Waals surface area contributed by atoms with Crippen molar-refractivity contribution < 1.29 is 18.7 Å². The Labute approximate surface area is 159 Å². The Balaban J connectivity index is 1.82. The van der Waals surface area contributed by atoms with Crippen LogP contribution in [0.1, 0.15) is 30.4 Å². The van der Waals surface area contributed by atoms with Crippen LogP contribution in [0.15, 0.2) is 53.3 Å². The topological polar surface area (TPSA) is 90.3 Å². The molecule has 0 unspecified atom stereocenters. The smallest absolute Gasteiger partial charge is 0.359 e. The molecule has 0 radical (unpaired) electrons. The summed E-state index contributed by atoms with van der Waals surface area (Å²) in [4.78, 5) is 37.0. The van der Waals surface area contributed by atoms with E-state index in [0.29, 0.717) is 10.8 Å². The average Bonchev–Trinajstić information content (AvgIpc) is 2.68. The summed E-state index contributed by atoms with van der Waals surface area (Å²) >= 11 is 0. The first-order valence-corrected chi connectivity index (χ1v) is 8.61. The summed E-state index contributed by atoms with van der Waals surface area (Å²) < 4.78 is 19.8. The van der Waals surface area contributed by atoms with Crippen LogP contribution in [0.4, 0.5) is 10.1 Å². The molecule has 7 nitrogen and oxygen atoms in total. The molecule has 8 heteroatoms. The second kappa shape index (κ2) is 7.99. The molecular formula is C20H18FN3O4. The number of para-hydroxylation sites is 1. The van der Waals surface area contributed by atoms with Crippen LogP contribution in [0.5, 0.6) is 0 Å². The normalized spacial score (nSPS) is 10.9. The predicted molar refractivity (Wildman–Crippen MR) is 102 cm³/mol. The van der Waals surface area contributed by atoms with Gasteiger partial charge in [-0.25, -0.2) is 13.9 Å². The minimum Gasteiger partial charge on any atom is -0.451 e. The molecule has 1 N–H and O–H groups in total. The van der Waals surface area contributed by atoms with Gasteiger partial charge in [0, 0.05) is 5.39 Å². The summed E-state index contributed by atoms with van der Waals surface area (Å²) in [6.07, 6.45) is 0. The molecule has 1 heterocycles. The monoisotopic (exact) mass is 383 g/mol. The van der Waals surface area contributed by atoms with Gasteiger partial charge in [0.2, 0.25) is 0 Å². The molecule has 0 bridgehead atoms. The van der Waals surface area contributed by atoms with Gasteiger partial charge in [0.1, 0.15) is 5.82 Å². The number of amides is 1. The van der Waals surface area contributed by atoms with Crippen LogP contribution in [0.25, 0.3) is 10.8 Å². The molecule has 144 valence electrons. The largest absolute Gasteiger partial charge is 0.451 e. The van der Waals surface area contributed by atoms with E-state index in [1.165, 1.54) is 22.9 Å². The summed E-state index contributed by atoms with van der Waals surface area (Å²) in [7, 11) is 0. The van der Waals surface area contributed by atoms with Gasteiger partial charge in [-0.3, -0.25) is 9.59 Å². The van der Waals surface area contributed by atoms with Gasteiger partial charge in [-0.1, -0.05) is 30.3 Å². The van der Waals surface area contributed by atoms with E-state index in [9.17, 15) is 18.8 Å². The highest BCUT2D eigenvalue weighted by atomic mass is 19.1. The highest BCUT2D eigenvalue weighted by molar-refractivity contribution is 6.03. The molecule has 3 rings (SSSR count). The highest BCUT2D eigenvalue weighted by Crippen LogP contribution is 2.16. The van der Waals surface area contributed by atoms with Crippen LogP contribution in [0, 0.1) is 5.82 Å². The Bertz CT molecular complexity index is 1110. The lowest BCUT2D eigenvalue weighted by molar-refractivity contribution is -0.119. The molecule has 0 saturated carbocycles. The Morgan fingerprint density at radius 2 is 1.75 bits per heavy atom. The van der Waals surface area contributed by atoms with Crippen LogP contribution >= 0.6 is 0 Å². The maximum Gasteiger partial charge on any atom is 0.359 e. The number of halogens is 1. The molecule has 0 aliphatic heterocycles. The number of anilines is 1. The number of carbonyl (C=O) groups is 2. The zero-order chi connectivity index (χ0) is 20.3. The number of aromatic nitrogens is 2. The molecule has 0 aliphatic carbocycles. The lowest BCUT2D eigenvalue weighted by Crippen LogP contribution is -2.29. The zero-order valence-corrected chi connectivity index (χ0v) is 15.3. The summed E-state index contributed by atoms with van der Waals surface area (Å²) in [5.74, 6) is -2.15. The maximum absolute atomic E-state index is 13.6. The molecule has 0 saturated heterocycles. The number of ether oxygens (including phenoxy) is 1. The fourth-order valence-corrected chi connectivity index (χ4v) is 2.66. The SMILES string of the molecule is CC(C)n1nc(C(=O)OCC(=O)Nc2ccccc2F)c2ccccc2c1=O. The third-order valence-electron chi connectivity index (χ3n) is 3.99. The van der Waals surface area contributed by atoms with Crippen molar-refractivity contribution in [3.05, 3.63) is 70.4 Å². The van der Waals surface area contributed by atoms with Crippen LogP contribution in [0.3, 0.4) is 0 Å². The molecule has 1 amide bonds. The lowest BCUT2D eigenvalue weighted by Gasteiger charge is -2.13. The van der Waals surface area contributed by atoms with Crippen molar-refractivity contribution >= 4 is 28.3 Å². The van der Waals surface area contributed by atoms with Crippen molar-refractivity contribution in [3.8, 4) is 0 Å². The maximum atomic E-state index is 13.6. The lowest BCUT2D eigenvalue weighted by atomic mass is 10.1. The molecule has 1 aromatic heterocycles. The Hall–Kier alpha value is -3.55. The van der Waals surface area contributed by atoms with Crippen LogP contribution in [-0.4, -0.2) is 28.3 Å². The van der Waals surface area contributed by atoms with E-state index in [0.717, 1.165) is 0 Å². The zero-order valence-electron chi connectivity index (χ0n) is 15.3. The number of carbonyl (C=O) groups excluding carboxylic acids is 2. The Kier molecular flexibility index (Phi) is 5.49. The van der Waals surface area contributed by atoms with Gasteiger partial charge in [-0.15, -0.1) is 0 Å². The molecule has 3 aromatic rings. The fourth-order valence-electron chi connectivity index (χ4n) is 2.66. The van der Waals surface area contributed by atoms with E-state index in [1.54, 1.807) is 44.2 Å². The number of rotatable bonds is 5. The van der Waals surface area contributed by atoms with Crippen LogP contribution in [0.2, 0.25) is 0 Å². The van der Waals surface area contributed by atoms with Crippen LogP contribution in [-0.2, 0) is 9.53 Å². The number of esters is 1. The highest BCUT2D eigenvalue weighted by Gasteiger charge is 2.20. The van der Waals surface area contributed by atoms with Gasteiger partial charge in [0.05, 0.1) is 17.1 Å². The molecule has 0 aliphatic rings. The second-order valence-corrected chi connectivity index (χ2v) is 6.34. The summed E-state index contributed by atoms with van der Waals surface area (Å²) in [5.41, 5.74) is -0.400. The summed E-state index contributed by atoms with van der Waals surface area (Å²) in [6, 6.07) is 11.9. The average molecular weight is 383 g/mol. The quantitative estimate of drug-likeness (QED) is 0.684. The van der Waals surface area contributed by atoms with Gasteiger partial charge in [-0.05, 0) is 32.0 Å². The van der Waals surface area contributed by atoms with Gasteiger partial charge < -0.3 is 10.1 Å². The third-order valence-corrected chi connectivity index (χ3v) is 3.99. The van der Waals surface area contributed by atoms with Crippen LogP contribution < -0.4 is 10.9 Å². The third kappa shape index (κ3) is 3.90. The molecular weight excluding hydrogens is 365 g/mol. The van der Waals surface area contributed by atoms with E-state index in [2.05, 4.69) is 10.4 Å². The van der Waals surface area contributed by atoms with Crippen molar-refractivity contribution in [1.82, 2.24) is 9.78 Å². The van der Waals surface area contributed by atoms with Crippen molar-refractivity contribution in [2.45, 2.75) is 19.9 Å². The van der Waals surface area contributed by atoms with Gasteiger partial charge in [0.25, 0.3) is 11.5 Å². The van der Waals surface area contributed by atoms with E-state index in [4.69, 9.17) is 4.74 Å². The van der Waals surface area contributed by atoms with Gasteiger partial charge in [0.15, 0.2) is 12.3 Å². The van der Waals surface area contributed by atoms with Gasteiger partial charge >= 0.3 is 5.97 Å². The molecule has 0 spiro atoms. The molecule has 0 fully saturated rings. The Morgan fingerprint density at radius 3 is 2.43 bits per heavy atom. The van der Waals surface area contributed by atoms with Crippen molar-refractivity contribution in [1.29, 1.82) is 0 Å². The molecule has 2 aromatic carbocycles. The minimum absolute atomic E-state index is 0.0134. The van der Waals surface area contributed by atoms with E-state index >= 15 is 0 Å². The second-order valence-electron chi connectivity index (χ2n) is 6.34. The van der Waals surface area contributed by atoms with Crippen molar-refractivity contribution in [2.24, 2.45) is 0 Å². The fraction of sp³-hybridized carbons (Fsp3) is 0.200. The molecule has 28 heavy (non-hydrogen) atoms. The minimum atomic E-state index is -0.853. The molecule has 0 atom stereocenters. The number of benzene rings is 2. The number of fused-ring (bicyclic) bond motifs is 1. The van der Waals surface area contributed by atoms with Crippen molar-refractivity contribution in [3.63, 3.8) is 0 Å². The standard InChI is InChI=1S/C20H18FN3O4/c1-12(2)24-19(26)14-8-4-3-7-13(14)18(23-24)20(27)28-11-17(25)22-16-10-6-5-9-15(16)21/h3-10,12H,11H2,1-2H3,(H,22,25). The first-order valence-electron chi connectivity index (χ1n) is 8.61. The number of nitrogens with zero attached hydrogens (tertiary/aromatic N) is 2. The number of hydrogen-bond donors (Lipinski definition) is 1. The first-order chi connectivity index (χ1) is 13.4. The van der Waals surface area contributed by atoms with E-state index < -0.39 is 24.3 Å². The van der Waals surface area contributed by atoms with E-state index in [-0.39, 0.29) is 23.0 Å². The van der Waals surface area contributed by atoms with E-state index in [1.807, 2.05) is 0 Å². The van der Waals surface area contributed by atoms with Gasteiger partial charge in [-0.2, -0.15) is 5.10 Å². The van der Waals surface area contributed by atoms with Crippen molar-refractivity contribution in [2.75, 3.05) is 11.9 Å².